The van der Waals surface area contributed by atoms with Gasteiger partial charge in [0, 0.05) is 37.0 Å². The number of nitrogens with zero attached hydrogens (tertiary/aromatic N) is 2. The lowest BCUT2D eigenvalue weighted by Crippen LogP contribution is -2.49. The Labute approximate surface area is 103 Å². The summed E-state index contributed by atoms with van der Waals surface area (Å²) in [5, 5.41) is 0. The summed E-state index contributed by atoms with van der Waals surface area (Å²) in [5.74, 6) is 1.63. The summed E-state index contributed by atoms with van der Waals surface area (Å²) in [6.45, 7) is 7.98. The summed E-state index contributed by atoms with van der Waals surface area (Å²) < 4.78 is 5.41. The molecule has 4 heteroatoms. The molecular weight excluding hydrogens is 214 g/mol. The molecule has 4 nitrogen and oxygen atoms in total. The van der Waals surface area contributed by atoms with Gasteiger partial charge in [0.2, 0.25) is 0 Å². The molecule has 0 atom stereocenters. The van der Waals surface area contributed by atoms with Gasteiger partial charge in [-0.3, -0.25) is 9.88 Å². The van der Waals surface area contributed by atoms with Crippen LogP contribution in [0.4, 0.5) is 0 Å². The summed E-state index contributed by atoms with van der Waals surface area (Å²) in [7, 11) is 1.72. The van der Waals surface area contributed by atoms with Crippen LogP contribution in [-0.4, -0.2) is 36.6 Å². The van der Waals surface area contributed by atoms with E-state index >= 15 is 0 Å². The molecule has 2 N–H and O–H groups in total. The highest BCUT2D eigenvalue weighted by molar-refractivity contribution is 5.41. The van der Waals surface area contributed by atoms with Crippen LogP contribution in [0.5, 0.6) is 5.75 Å². The van der Waals surface area contributed by atoms with E-state index in [0.717, 1.165) is 48.7 Å². The van der Waals surface area contributed by atoms with Gasteiger partial charge in [-0.1, -0.05) is 0 Å². The molecule has 2 rings (SSSR count). The van der Waals surface area contributed by atoms with Crippen LogP contribution in [0, 0.1) is 19.8 Å². The SMILES string of the molecule is COc1c(C)cnc(CN2CC(CN)C2)c1C. The minimum atomic E-state index is 0.669. The Balaban J connectivity index is 2.07. The number of likely N-dealkylation sites (tertiary alicyclic amines) is 1. The minimum Gasteiger partial charge on any atom is -0.496 e. The van der Waals surface area contributed by atoms with Crippen molar-refractivity contribution in [3.63, 3.8) is 0 Å². The number of aromatic nitrogens is 1. The first-order valence-corrected chi connectivity index (χ1v) is 6.07. The smallest absolute Gasteiger partial charge is 0.128 e. The fraction of sp³-hybridized carbons (Fsp3) is 0.615. The fourth-order valence-electron chi connectivity index (χ4n) is 2.40. The summed E-state index contributed by atoms with van der Waals surface area (Å²) >= 11 is 0. The Hall–Kier alpha value is -1.13. The normalized spacial score (nSPS) is 16.9. The van der Waals surface area contributed by atoms with Gasteiger partial charge in [-0.05, 0) is 26.3 Å². The maximum absolute atomic E-state index is 5.62. The molecule has 1 aromatic heterocycles. The zero-order valence-electron chi connectivity index (χ0n) is 10.9. The van der Waals surface area contributed by atoms with E-state index in [4.69, 9.17) is 10.5 Å². The Bertz CT molecular complexity index is 400. The zero-order chi connectivity index (χ0) is 12.4. The van der Waals surface area contributed by atoms with Crippen LogP contribution in [-0.2, 0) is 6.54 Å². The lowest BCUT2D eigenvalue weighted by molar-refractivity contribution is 0.0961. The van der Waals surface area contributed by atoms with Gasteiger partial charge in [0.05, 0.1) is 12.8 Å². The molecule has 94 valence electrons. The van der Waals surface area contributed by atoms with Crippen LogP contribution in [0.3, 0.4) is 0 Å². The van der Waals surface area contributed by atoms with Crippen molar-refractivity contribution in [1.82, 2.24) is 9.88 Å². The van der Waals surface area contributed by atoms with Crippen LogP contribution in [0.15, 0.2) is 6.20 Å². The molecule has 1 aliphatic heterocycles. The van der Waals surface area contributed by atoms with E-state index < -0.39 is 0 Å². The summed E-state index contributed by atoms with van der Waals surface area (Å²) in [5.41, 5.74) is 8.99. The second kappa shape index (κ2) is 5.02. The largest absolute Gasteiger partial charge is 0.496 e. The van der Waals surface area contributed by atoms with E-state index in [2.05, 4.69) is 16.8 Å². The molecule has 1 saturated heterocycles. The Kier molecular flexibility index (Phi) is 3.64. The highest BCUT2D eigenvalue weighted by Gasteiger charge is 2.26. The van der Waals surface area contributed by atoms with E-state index in [1.165, 1.54) is 0 Å². The fourth-order valence-corrected chi connectivity index (χ4v) is 2.40. The molecule has 1 aromatic rings. The molecule has 1 fully saturated rings. The third kappa shape index (κ3) is 2.42. The molecule has 0 radical (unpaired) electrons. The highest BCUT2D eigenvalue weighted by Crippen LogP contribution is 2.26. The summed E-state index contributed by atoms with van der Waals surface area (Å²) in [6.07, 6.45) is 1.89. The Morgan fingerprint density at radius 3 is 2.76 bits per heavy atom. The lowest BCUT2D eigenvalue weighted by atomic mass is 9.99. The first kappa shape index (κ1) is 12.3. The van der Waals surface area contributed by atoms with Crippen LogP contribution >= 0.6 is 0 Å². The van der Waals surface area contributed by atoms with Crippen molar-refractivity contribution >= 4 is 0 Å². The van der Waals surface area contributed by atoms with Gasteiger partial charge in [0.15, 0.2) is 0 Å². The van der Waals surface area contributed by atoms with Gasteiger partial charge in [-0.15, -0.1) is 0 Å². The standard InChI is InChI=1S/C13H21N3O/c1-9-5-15-12(10(2)13(9)17-3)8-16-6-11(4-14)7-16/h5,11H,4,6-8,14H2,1-3H3. The molecular formula is C13H21N3O. The average Bonchev–Trinajstić information content (AvgIpc) is 2.26. The zero-order valence-corrected chi connectivity index (χ0v) is 10.9. The maximum atomic E-state index is 5.62. The molecule has 2 heterocycles. The number of pyridine rings is 1. The summed E-state index contributed by atoms with van der Waals surface area (Å²) in [6, 6.07) is 0. The molecule has 17 heavy (non-hydrogen) atoms. The first-order valence-electron chi connectivity index (χ1n) is 6.07. The maximum Gasteiger partial charge on any atom is 0.128 e. The molecule has 0 amide bonds. The van der Waals surface area contributed by atoms with E-state index in [9.17, 15) is 0 Å². The van der Waals surface area contributed by atoms with Crippen molar-refractivity contribution < 1.29 is 4.74 Å². The van der Waals surface area contributed by atoms with Gasteiger partial charge in [0.1, 0.15) is 5.75 Å². The topological polar surface area (TPSA) is 51.4 Å². The number of hydrogen-bond acceptors (Lipinski definition) is 4. The second-order valence-electron chi connectivity index (χ2n) is 4.84. The van der Waals surface area contributed by atoms with Crippen LogP contribution in [0.1, 0.15) is 16.8 Å². The van der Waals surface area contributed by atoms with Gasteiger partial charge < -0.3 is 10.5 Å². The van der Waals surface area contributed by atoms with Gasteiger partial charge >= 0.3 is 0 Å². The van der Waals surface area contributed by atoms with Crippen LogP contribution < -0.4 is 10.5 Å². The second-order valence-corrected chi connectivity index (χ2v) is 4.84. The monoisotopic (exact) mass is 235 g/mol. The van der Waals surface area contributed by atoms with Gasteiger partial charge in [0.25, 0.3) is 0 Å². The number of rotatable bonds is 4. The molecule has 0 spiro atoms. The lowest BCUT2D eigenvalue weighted by Gasteiger charge is -2.38. The molecule has 1 aliphatic rings. The van der Waals surface area contributed by atoms with Crippen LogP contribution in [0.25, 0.3) is 0 Å². The Morgan fingerprint density at radius 1 is 1.47 bits per heavy atom. The van der Waals surface area contributed by atoms with E-state index in [1.807, 2.05) is 13.1 Å². The van der Waals surface area contributed by atoms with Gasteiger partial charge in [-0.2, -0.15) is 0 Å². The molecule has 0 unspecified atom stereocenters. The predicted octanol–water partition coefficient (Wildman–Crippen LogP) is 1.10. The quantitative estimate of drug-likeness (QED) is 0.849. The Morgan fingerprint density at radius 2 is 2.18 bits per heavy atom. The van der Waals surface area contributed by atoms with Crippen LogP contribution in [0.2, 0.25) is 0 Å². The number of hydrogen-bond donors (Lipinski definition) is 1. The van der Waals surface area contributed by atoms with E-state index in [1.54, 1.807) is 7.11 Å². The van der Waals surface area contributed by atoms with E-state index in [-0.39, 0.29) is 0 Å². The minimum absolute atomic E-state index is 0.669. The third-order valence-corrected chi connectivity index (χ3v) is 3.49. The van der Waals surface area contributed by atoms with Crippen molar-refractivity contribution in [2.45, 2.75) is 20.4 Å². The highest BCUT2D eigenvalue weighted by atomic mass is 16.5. The average molecular weight is 235 g/mol. The summed E-state index contributed by atoms with van der Waals surface area (Å²) in [4.78, 5) is 6.88. The molecule has 0 bridgehead atoms. The van der Waals surface area contributed by atoms with Crippen molar-refractivity contribution in [2.75, 3.05) is 26.7 Å². The van der Waals surface area contributed by atoms with Crippen molar-refractivity contribution in [3.05, 3.63) is 23.0 Å². The van der Waals surface area contributed by atoms with Crippen molar-refractivity contribution in [2.24, 2.45) is 11.7 Å². The number of nitrogens with two attached hydrogens (primary N) is 1. The van der Waals surface area contributed by atoms with Gasteiger partial charge in [-0.25, -0.2) is 0 Å². The molecule has 0 aromatic carbocycles. The predicted molar refractivity (Wildman–Crippen MR) is 68.1 cm³/mol. The van der Waals surface area contributed by atoms with Crippen molar-refractivity contribution in [3.8, 4) is 5.75 Å². The van der Waals surface area contributed by atoms with E-state index in [0.29, 0.717) is 5.92 Å². The third-order valence-electron chi connectivity index (χ3n) is 3.49. The van der Waals surface area contributed by atoms with Crippen molar-refractivity contribution in [1.29, 1.82) is 0 Å². The number of ether oxygens (including phenoxy) is 1. The first-order chi connectivity index (χ1) is 8.15. The number of aryl methyl sites for hydroxylation is 1. The molecule has 0 aliphatic carbocycles. The molecule has 0 saturated carbocycles. The number of methoxy groups -OCH3 is 1.